The van der Waals surface area contributed by atoms with E-state index in [2.05, 4.69) is 30.8 Å². The number of aromatic amines is 2. The maximum atomic E-state index is 12.7. The highest BCUT2D eigenvalue weighted by molar-refractivity contribution is 5.98. The zero-order valence-electron chi connectivity index (χ0n) is 16.5. The lowest BCUT2D eigenvalue weighted by atomic mass is 10.0. The molecule has 30 heavy (non-hydrogen) atoms. The Labute approximate surface area is 173 Å². The van der Waals surface area contributed by atoms with E-state index in [-0.39, 0.29) is 17.5 Å². The number of hydrogen-bond donors (Lipinski definition) is 4. The summed E-state index contributed by atoms with van der Waals surface area (Å²) in [6.45, 7) is 0.444. The zero-order valence-corrected chi connectivity index (χ0v) is 16.5. The Kier molecular flexibility index (Phi) is 5.56. The van der Waals surface area contributed by atoms with Crippen LogP contribution in [-0.2, 0) is 12.8 Å². The molecule has 0 aliphatic rings. The Balaban J connectivity index is 1.58. The van der Waals surface area contributed by atoms with E-state index in [9.17, 15) is 9.59 Å². The smallest absolute Gasteiger partial charge is 0.269 e. The van der Waals surface area contributed by atoms with Gasteiger partial charge >= 0.3 is 0 Å². The van der Waals surface area contributed by atoms with E-state index in [4.69, 9.17) is 0 Å². The van der Waals surface area contributed by atoms with Crippen molar-refractivity contribution in [2.45, 2.75) is 12.8 Å². The summed E-state index contributed by atoms with van der Waals surface area (Å²) in [4.78, 5) is 32.6. The molecular weight excluding hydrogens is 380 g/mol. The summed E-state index contributed by atoms with van der Waals surface area (Å²) in [7, 11) is 1.54. The predicted octanol–water partition coefficient (Wildman–Crippen LogP) is 2.21. The highest BCUT2D eigenvalue weighted by atomic mass is 16.2. The monoisotopic (exact) mass is 402 g/mol. The van der Waals surface area contributed by atoms with Crippen molar-refractivity contribution in [2.75, 3.05) is 13.6 Å². The molecule has 3 aromatic heterocycles. The van der Waals surface area contributed by atoms with Crippen LogP contribution in [-0.4, -0.2) is 45.6 Å². The maximum absolute atomic E-state index is 12.7. The number of nitrogens with zero attached hydrogens (tertiary/aromatic N) is 2. The van der Waals surface area contributed by atoms with Gasteiger partial charge in [0, 0.05) is 61.0 Å². The Hall–Kier alpha value is -3.94. The second-order valence-electron chi connectivity index (χ2n) is 6.92. The Morgan fingerprint density at radius 2 is 1.93 bits per heavy atom. The number of fused-ring (bicyclic) bond motifs is 1. The second-order valence-corrected chi connectivity index (χ2v) is 6.92. The van der Waals surface area contributed by atoms with Gasteiger partial charge in [0.05, 0.1) is 5.69 Å². The third kappa shape index (κ3) is 4.22. The molecular formula is C22H22N6O2. The fraction of sp³-hybridized carbons (Fsp3) is 0.182. The first kappa shape index (κ1) is 19.4. The van der Waals surface area contributed by atoms with Gasteiger partial charge in [-0.25, -0.2) is 4.98 Å². The molecule has 0 bridgehead atoms. The molecule has 0 unspecified atom stereocenters. The number of rotatable bonds is 7. The highest BCUT2D eigenvalue weighted by Crippen LogP contribution is 2.20. The summed E-state index contributed by atoms with van der Waals surface area (Å²) in [6, 6.07) is 13.1. The second kappa shape index (κ2) is 8.60. The summed E-state index contributed by atoms with van der Waals surface area (Å²) >= 11 is 0. The first-order valence-corrected chi connectivity index (χ1v) is 9.69. The molecule has 4 N–H and O–H groups in total. The first-order valence-electron chi connectivity index (χ1n) is 9.69. The SMILES string of the molecule is CNC(=O)c1cc(C(=O)NCCc2cc[nH]n2)cc(Cc2cccc3[nH]ccc23)n1. The minimum absolute atomic E-state index is 0.216. The van der Waals surface area contributed by atoms with E-state index in [0.29, 0.717) is 30.6 Å². The van der Waals surface area contributed by atoms with E-state index >= 15 is 0 Å². The molecule has 2 amide bonds. The van der Waals surface area contributed by atoms with Crippen LogP contribution in [0.5, 0.6) is 0 Å². The standard InChI is InChI=1S/C22H22N6O2/c1-23-22(30)20-13-15(21(29)25-8-5-16-6-10-26-28-16)12-17(27-20)11-14-3-2-4-19-18(14)7-9-24-19/h2-4,6-7,9-10,12-13,24H,5,8,11H2,1H3,(H,23,30)(H,25,29)(H,26,28). The molecule has 4 rings (SSSR count). The number of carbonyl (C=O) groups is 2. The number of nitrogens with one attached hydrogen (secondary N) is 4. The average Bonchev–Trinajstić information content (AvgIpc) is 3.45. The van der Waals surface area contributed by atoms with Gasteiger partial charge in [-0.15, -0.1) is 0 Å². The molecule has 0 fully saturated rings. The lowest BCUT2D eigenvalue weighted by Crippen LogP contribution is -2.27. The number of aromatic nitrogens is 4. The van der Waals surface area contributed by atoms with Crippen molar-refractivity contribution in [3.8, 4) is 0 Å². The quantitative estimate of drug-likeness (QED) is 0.379. The number of hydrogen-bond acceptors (Lipinski definition) is 4. The molecule has 0 saturated heterocycles. The molecule has 0 aliphatic carbocycles. The van der Waals surface area contributed by atoms with Crippen molar-refractivity contribution in [3.63, 3.8) is 0 Å². The molecule has 0 radical (unpaired) electrons. The van der Waals surface area contributed by atoms with E-state index in [1.165, 1.54) is 6.07 Å². The van der Waals surface area contributed by atoms with Gasteiger partial charge in [0.15, 0.2) is 0 Å². The molecule has 152 valence electrons. The van der Waals surface area contributed by atoms with Crippen molar-refractivity contribution in [2.24, 2.45) is 0 Å². The van der Waals surface area contributed by atoms with Crippen LogP contribution in [0.15, 0.2) is 54.9 Å². The number of pyridine rings is 1. The number of carbonyl (C=O) groups excluding carboxylic acids is 2. The highest BCUT2D eigenvalue weighted by Gasteiger charge is 2.15. The van der Waals surface area contributed by atoms with E-state index in [1.807, 2.05) is 36.5 Å². The van der Waals surface area contributed by atoms with Crippen molar-refractivity contribution in [1.82, 2.24) is 30.8 Å². The number of benzene rings is 1. The van der Waals surface area contributed by atoms with Crippen LogP contribution in [0.1, 0.15) is 37.8 Å². The van der Waals surface area contributed by atoms with Crippen LogP contribution < -0.4 is 10.6 Å². The molecule has 4 aromatic rings. The summed E-state index contributed by atoms with van der Waals surface area (Å²) in [6.07, 6.45) is 4.76. The van der Waals surface area contributed by atoms with E-state index in [0.717, 1.165) is 22.2 Å². The van der Waals surface area contributed by atoms with Crippen LogP contribution in [0.25, 0.3) is 10.9 Å². The van der Waals surface area contributed by atoms with Gasteiger partial charge in [-0.05, 0) is 35.9 Å². The minimum Gasteiger partial charge on any atom is -0.361 e. The van der Waals surface area contributed by atoms with Gasteiger partial charge in [0.25, 0.3) is 11.8 Å². The van der Waals surface area contributed by atoms with Gasteiger partial charge in [0.1, 0.15) is 5.69 Å². The lowest BCUT2D eigenvalue weighted by molar-refractivity contribution is 0.0954. The fourth-order valence-corrected chi connectivity index (χ4v) is 3.39. The minimum atomic E-state index is -0.331. The van der Waals surface area contributed by atoms with Crippen LogP contribution in [0.4, 0.5) is 0 Å². The molecule has 0 spiro atoms. The first-order chi connectivity index (χ1) is 14.6. The molecule has 8 nitrogen and oxygen atoms in total. The van der Waals surface area contributed by atoms with Crippen molar-refractivity contribution in [1.29, 1.82) is 0 Å². The maximum Gasteiger partial charge on any atom is 0.269 e. The third-order valence-electron chi connectivity index (χ3n) is 4.88. The number of H-pyrrole nitrogens is 2. The summed E-state index contributed by atoms with van der Waals surface area (Å²) in [5, 5.41) is 13.4. The molecule has 0 aliphatic heterocycles. The van der Waals surface area contributed by atoms with E-state index < -0.39 is 0 Å². The molecule has 8 heteroatoms. The average molecular weight is 402 g/mol. The molecule has 3 heterocycles. The van der Waals surface area contributed by atoms with Gasteiger partial charge in [0.2, 0.25) is 0 Å². The van der Waals surface area contributed by atoms with Crippen molar-refractivity contribution >= 4 is 22.7 Å². The van der Waals surface area contributed by atoms with E-state index in [1.54, 1.807) is 19.3 Å². The van der Waals surface area contributed by atoms with Gasteiger partial charge in [-0.1, -0.05) is 12.1 Å². The van der Waals surface area contributed by atoms with Crippen LogP contribution in [0, 0.1) is 0 Å². The van der Waals surface area contributed by atoms with Crippen molar-refractivity contribution in [3.05, 3.63) is 83.1 Å². The Bertz CT molecular complexity index is 1180. The van der Waals surface area contributed by atoms with Crippen molar-refractivity contribution < 1.29 is 9.59 Å². The number of amides is 2. The largest absolute Gasteiger partial charge is 0.361 e. The van der Waals surface area contributed by atoms with Crippen LogP contribution in [0.3, 0.4) is 0 Å². The van der Waals surface area contributed by atoms with Gasteiger partial charge in [-0.3, -0.25) is 14.7 Å². The van der Waals surface area contributed by atoms with Crippen LogP contribution in [0.2, 0.25) is 0 Å². The Morgan fingerprint density at radius 1 is 1.03 bits per heavy atom. The third-order valence-corrected chi connectivity index (χ3v) is 4.88. The van der Waals surface area contributed by atoms with Gasteiger partial charge in [-0.2, -0.15) is 5.10 Å². The Morgan fingerprint density at radius 3 is 2.73 bits per heavy atom. The summed E-state index contributed by atoms with van der Waals surface area (Å²) in [5.41, 5.74) is 4.25. The summed E-state index contributed by atoms with van der Waals surface area (Å²) in [5.74, 6) is -0.582. The molecule has 0 saturated carbocycles. The topological polar surface area (TPSA) is 116 Å². The molecule has 1 aromatic carbocycles. The van der Waals surface area contributed by atoms with Crippen LogP contribution >= 0.6 is 0 Å². The predicted molar refractivity (Wildman–Crippen MR) is 113 cm³/mol. The molecule has 0 atom stereocenters. The van der Waals surface area contributed by atoms with Gasteiger partial charge < -0.3 is 15.6 Å². The summed E-state index contributed by atoms with van der Waals surface area (Å²) < 4.78 is 0. The zero-order chi connectivity index (χ0) is 20.9. The normalized spacial score (nSPS) is 10.8. The lowest BCUT2D eigenvalue weighted by Gasteiger charge is -2.10. The fourth-order valence-electron chi connectivity index (χ4n) is 3.39.